The van der Waals surface area contributed by atoms with Crippen molar-refractivity contribution in [3.8, 4) is 0 Å². The molecule has 38 heavy (non-hydrogen) atoms. The number of halogens is 4. The highest BCUT2D eigenvalue weighted by Gasteiger charge is 2.05. The van der Waals surface area contributed by atoms with Crippen LogP contribution in [0.25, 0.3) is 22.1 Å². The minimum Gasteiger partial charge on any atom is -0.342 e. The van der Waals surface area contributed by atoms with Gasteiger partial charge in [0, 0.05) is 25.9 Å². The van der Waals surface area contributed by atoms with Crippen molar-refractivity contribution in [3.63, 3.8) is 0 Å². The Morgan fingerprint density at radius 1 is 0.789 bits per heavy atom. The number of aromatic amines is 2. The number of carbonyl (C=O) groups is 1. The predicted octanol–water partition coefficient (Wildman–Crippen LogP) is 5.82. The summed E-state index contributed by atoms with van der Waals surface area (Å²) in [6, 6.07) is 20.8. The van der Waals surface area contributed by atoms with Gasteiger partial charge in [-0.15, -0.1) is 24.8 Å². The molecule has 0 fully saturated rings. The van der Waals surface area contributed by atoms with Gasteiger partial charge in [0.05, 0.1) is 32.1 Å². The normalized spacial score (nSPS) is 10.2. The van der Waals surface area contributed by atoms with Gasteiger partial charge in [-0.25, -0.2) is 14.8 Å². The third kappa shape index (κ3) is 8.79. The Bertz CT molecular complexity index is 1390. The number of rotatable bonds is 7. The first kappa shape index (κ1) is 31.2. The van der Waals surface area contributed by atoms with Gasteiger partial charge in [0.2, 0.25) is 0 Å². The number of benzene rings is 3. The first-order chi connectivity index (χ1) is 17.5. The number of carbonyl (C=O) groups excluding carboxylic acids is 1. The summed E-state index contributed by atoms with van der Waals surface area (Å²) in [4.78, 5) is 27.1. The van der Waals surface area contributed by atoms with E-state index in [1.165, 1.54) is 0 Å². The topological polar surface area (TPSA) is 125 Å². The summed E-state index contributed by atoms with van der Waals surface area (Å²) in [5.41, 5.74) is 10.3. The molecule has 0 aliphatic carbocycles. The molecule has 0 aliphatic heterocycles. The third-order valence-electron chi connectivity index (χ3n) is 5.34. The molecule has 3 aromatic carbocycles. The van der Waals surface area contributed by atoms with Crippen LogP contribution in [0.15, 0.2) is 66.7 Å². The highest BCUT2D eigenvalue weighted by atomic mass is 35.5. The zero-order chi connectivity index (χ0) is 25.3. The predicted molar refractivity (Wildman–Crippen MR) is 160 cm³/mol. The van der Waals surface area contributed by atoms with Crippen LogP contribution in [-0.4, -0.2) is 39.1 Å². The zero-order valence-electron chi connectivity index (χ0n) is 20.3. The van der Waals surface area contributed by atoms with Gasteiger partial charge in [-0.3, -0.25) is 0 Å². The Labute approximate surface area is 242 Å². The second kappa shape index (κ2) is 15.4. The van der Waals surface area contributed by atoms with Gasteiger partial charge in [0.15, 0.2) is 0 Å². The highest BCUT2D eigenvalue weighted by molar-refractivity contribution is 6.42. The Balaban J connectivity index is 0.000000306. The van der Waals surface area contributed by atoms with Crippen LogP contribution in [-0.2, 0) is 19.4 Å². The molecule has 0 spiro atoms. The first-order valence-electron chi connectivity index (χ1n) is 11.5. The molecule has 6 N–H and O–H groups in total. The number of hydrogen-bond acceptors (Lipinski definition) is 4. The fraction of sp³-hybridized carbons (Fsp3) is 0.192. The van der Waals surface area contributed by atoms with Crippen molar-refractivity contribution in [1.29, 1.82) is 0 Å². The number of aromatic nitrogens is 4. The van der Waals surface area contributed by atoms with E-state index in [9.17, 15) is 4.79 Å². The lowest BCUT2D eigenvalue weighted by atomic mass is 10.2. The standard InChI is InChI=1S/C17H16Cl2N4O.C9H11N3.2ClH/c18-12-6-5-11(9-13(12)19)10-21-17(24)20-8-7-16-22-14-3-1-2-4-15(14)23-16;10-6-5-9-11-7-3-1-2-4-8(7)12-9;;/h1-6,9H,7-8,10H2,(H,22,23)(H2,20,21,24);1-4H,5-6,10H2,(H,11,12);2*1H. The molecule has 202 valence electrons. The number of fused-ring (bicyclic) bond motifs is 2. The molecule has 0 bridgehead atoms. The lowest BCUT2D eigenvalue weighted by molar-refractivity contribution is 0.240. The molecule has 12 heteroatoms. The molecule has 0 saturated carbocycles. The summed E-state index contributed by atoms with van der Waals surface area (Å²) in [6.07, 6.45) is 1.45. The third-order valence-corrected chi connectivity index (χ3v) is 6.08. The van der Waals surface area contributed by atoms with E-state index >= 15 is 0 Å². The van der Waals surface area contributed by atoms with E-state index in [1.54, 1.807) is 12.1 Å². The average Bonchev–Trinajstić information content (AvgIpc) is 3.48. The van der Waals surface area contributed by atoms with Crippen LogP contribution >= 0.6 is 48.0 Å². The molecule has 0 aliphatic rings. The summed E-state index contributed by atoms with van der Waals surface area (Å²) in [7, 11) is 0. The fourth-order valence-corrected chi connectivity index (χ4v) is 3.89. The van der Waals surface area contributed by atoms with Crippen LogP contribution in [0.5, 0.6) is 0 Å². The lowest BCUT2D eigenvalue weighted by Gasteiger charge is -2.07. The summed E-state index contributed by atoms with van der Waals surface area (Å²) in [6.45, 7) is 1.51. The molecule has 2 amide bonds. The molecule has 2 aromatic heterocycles. The number of urea groups is 1. The Morgan fingerprint density at radius 3 is 1.92 bits per heavy atom. The van der Waals surface area contributed by atoms with E-state index in [1.807, 2.05) is 54.6 Å². The molecule has 0 radical (unpaired) electrons. The van der Waals surface area contributed by atoms with E-state index in [4.69, 9.17) is 28.9 Å². The van der Waals surface area contributed by atoms with Crippen molar-refractivity contribution in [1.82, 2.24) is 30.6 Å². The van der Waals surface area contributed by atoms with E-state index in [0.717, 1.165) is 45.7 Å². The van der Waals surface area contributed by atoms with E-state index in [2.05, 4.69) is 30.6 Å². The van der Waals surface area contributed by atoms with Gasteiger partial charge in [-0.1, -0.05) is 53.5 Å². The van der Waals surface area contributed by atoms with Crippen LogP contribution in [0.4, 0.5) is 4.79 Å². The van der Waals surface area contributed by atoms with Crippen LogP contribution in [0.3, 0.4) is 0 Å². The lowest BCUT2D eigenvalue weighted by Crippen LogP contribution is -2.36. The Morgan fingerprint density at radius 2 is 1.37 bits per heavy atom. The van der Waals surface area contributed by atoms with Crippen molar-refractivity contribution in [3.05, 3.63) is 94.0 Å². The molecule has 0 saturated heterocycles. The van der Waals surface area contributed by atoms with Gasteiger partial charge in [-0.05, 0) is 48.5 Å². The van der Waals surface area contributed by atoms with E-state index < -0.39 is 0 Å². The maximum absolute atomic E-state index is 11.8. The second-order valence-corrected chi connectivity index (χ2v) is 8.86. The van der Waals surface area contributed by atoms with Crippen LogP contribution < -0.4 is 16.4 Å². The quantitative estimate of drug-likeness (QED) is 0.162. The molecular formula is C26H29Cl4N7O. The van der Waals surface area contributed by atoms with Crippen LogP contribution in [0, 0.1) is 0 Å². The van der Waals surface area contributed by atoms with Gasteiger partial charge in [-0.2, -0.15) is 0 Å². The number of nitrogens with two attached hydrogens (primary N) is 1. The van der Waals surface area contributed by atoms with E-state index in [0.29, 0.717) is 36.1 Å². The van der Waals surface area contributed by atoms with E-state index in [-0.39, 0.29) is 30.8 Å². The summed E-state index contributed by atoms with van der Waals surface area (Å²) >= 11 is 11.8. The Kier molecular flexibility index (Phi) is 12.7. The zero-order valence-corrected chi connectivity index (χ0v) is 23.5. The molecule has 5 rings (SSSR count). The molecule has 8 nitrogen and oxygen atoms in total. The molecule has 0 unspecified atom stereocenters. The summed E-state index contributed by atoms with van der Waals surface area (Å²) in [5, 5.41) is 6.55. The average molecular weight is 597 g/mol. The van der Waals surface area contributed by atoms with Crippen molar-refractivity contribution in [2.75, 3.05) is 13.1 Å². The van der Waals surface area contributed by atoms with Crippen molar-refractivity contribution < 1.29 is 4.79 Å². The number of hydrogen-bond donors (Lipinski definition) is 5. The van der Waals surface area contributed by atoms with Crippen molar-refractivity contribution in [2.45, 2.75) is 19.4 Å². The minimum atomic E-state index is -0.239. The van der Waals surface area contributed by atoms with Gasteiger partial charge in [0.25, 0.3) is 0 Å². The van der Waals surface area contributed by atoms with Crippen molar-refractivity contribution in [2.24, 2.45) is 5.73 Å². The van der Waals surface area contributed by atoms with Crippen molar-refractivity contribution >= 4 is 76.1 Å². The maximum atomic E-state index is 11.8. The molecule has 2 heterocycles. The van der Waals surface area contributed by atoms with Gasteiger partial charge >= 0.3 is 6.03 Å². The maximum Gasteiger partial charge on any atom is 0.315 e. The summed E-state index contributed by atoms with van der Waals surface area (Å²) in [5.74, 6) is 1.82. The fourth-order valence-electron chi connectivity index (χ4n) is 3.57. The molecular weight excluding hydrogens is 568 g/mol. The number of H-pyrrole nitrogens is 2. The number of nitrogens with one attached hydrogen (secondary N) is 4. The number of nitrogens with zero attached hydrogens (tertiary/aromatic N) is 2. The smallest absolute Gasteiger partial charge is 0.315 e. The number of imidazole rings is 2. The molecule has 0 atom stereocenters. The SMILES string of the molecule is Cl.Cl.NCCc1nc2ccccc2[nH]1.O=C(NCCc1nc2ccccc2[nH]1)NCc1ccc(Cl)c(Cl)c1. The first-order valence-corrected chi connectivity index (χ1v) is 12.3. The van der Waals surface area contributed by atoms with Crippen LogP contribution in [0.2, 0.25) is 10.0 Å². The highest BCUT2D eigenvalue weighted by Crippen LogP contribution is 2.22. The van der Waals surface area contributed by atoms with Gasteiger partial charge in [0.1, 0.15) is 11.6 Å². The number of para-hydroxylation sites is 4. The largest absolute Gasteiger partial charge is 0.342 e. The number of amides is 2. The second-order valence-electron chi connectivity index (χ2n) is 8.05. The van der Waals surface area contributed by atoms with Crippen LogP contribution in [0.1, 0.15) is 17.2 Å². The monoisotopic (exact) mass is 595 g/mol. The summed E-state index contributed by atoms with van der Waals surface area (Å²) < 4.78 is 0. The molecule has 5 aromatic rings. The Hall–Kier alpha value is -3.01. The minimum absolute atomic E-state index is 0. The van der Waals surface area contributed by atoms with Gasteiger partial charge < -0.3 is 26.3 Å².